The molecule has 0 saturated heterocycles. The van der Waals surface area contributed by atoms with Crippen LogP contribution in [0.5, 0.6) is 0 Å². The topological polar surface area (TPSA) is 97.3 Å². The molecule has 2 aromatic rings. The van der Waals surface area contributed by atoms with Gasteiger partial charge in [0.25, 0.3) is 5.69 Å². The number of nitrogen functional groups attached to an aromatic ring is 1. The lowest BCUT2D eigenvalue weighted by molar-refractivity contribution is -0.384. The molecule has 1 aromatic carbocycles. The molecule has 21 heavy (non-hydrogen) atoms. The number of benzene rings is 1. The van der Waals surface area contributed by atoms with Crippen molar-refractivity contribution < 1.29 is 4.92 Å². The average Bonchev–Trinajstić information content (AvgIpc) is 2.49. The van der Waals surface area contributed by atoms with E-state index < -0.39 is 4.92 Å². The van der Waals surface area contributed by atoms with Gasteiger partial charge in [0.2, 0.25) is 0 Å². The van der Waals surface area contributed by atoms with Crippen LogP contribution < -0.4 is 16.2 Å². The fourth-order valence-corrected chi connectivity index (χ4v) is 1.93. The van der Waals surface area contributed by atoms with Gasteiger partial charge in [0.05, 0.1) is 17.1 Å². The second-order valence-electron chi connectivity index (χ2n) is 4.81. The quantitative estimate of drug-likeness (QED) is 0.497. The Morgan fingerprint density at radius 1 is 1.33 bits per heavy atom. The number of hydrazine groups is 1. The summed E-state index contributed by atoms with van der Waals surface area (Å²) < 4.78 is 0. The number of nitrogens with one attached hydrogen (secondary N) is 1. The minimum Gasteiger partial charge on any atom is -0.355 e. The van der Waals surface area contributed by atoms with Crippen molar-refractivity contribution in [3.63, 3.8) is 0 Å². The van der Waals surface area contributed by atoms with Crippen LogP contribution in [0.3, 0.4) is 0 Å². The smallest absolute Gasteiger partial charge is 0.276 e. The van der Waals surface area contributed by atoms with Gasteiger partial charge < -0.3 is 10.3 Å². The van der Waals surface area contributed by atoms with E-state index in [9.17, 15) is 10.1 Å². The first kappa shape index (κ1) is 14.7. The van der Waals surface area contributed by atoms with Crippen LogP contribution in [0.1, 0.15) is 11.1 Å². The third-order valence-electron chi connectivity index (χ3n) is 3.09. The number of nitrogens with zero attached hydrogens (tertiary/aromatic N) is 3. The van der Waals surface area contributed by atoms with Crippen molar-refractivity contribution >= 4 is 17.3 Å². The molecule has 0 radical (unpaired) electrons. The maximum atomic E-state index is 10.9. The zero-order chi connectivity index (χ0) is 15.4. The molecule has 0 fully saturated rings. The fourth-order valence-electron chi connectivity index (χ4n) is 1.93. The molecule has 3 N–H and O–H groups in total. The van der Waals surface area contributed by atoms with Gasteiger partial charge in [0.15, 0.2) is 0 Å². The number of anilines is 2. The van der Waals surface area contributed by atoms with Crippen LogP contribution in [0.15, 0.2) is 36.4 Å². The molecule has 0 unspecified atom stereocenters. The van der Waals surface area contributed by atoms with Crippen LogP contribution in [-0.2, 0) is 6.54 Å². The van der Waals surface area contributed by atoms with Crippen molar-refractivity contribution in [1.29, 1.82) is 0 Å². The molecule has 0 bridgehead atoms. The monoisotopic (exact) mass is 287 g/mol. The number of aryl methyl sites for hydroxylation is 1. The summed E-state index contributed by atoms with van der Waals surface area (Å²) in [6.07, 6.45) is 0. The number of hydrogen-bond donors (Lipinski definition) is 2. The highest BCUT2D eigenvalue weighted by atomic mass is 16.6. The summed E-state index contributed by atoms with van der Waals surface area (Å²) in [5, 5.41) is 10.9. The Labute approximate surface area is 122 Å². The van der Waals surface area contributed by atoms with Gasteiger partial charge in [0.1, 0.15) is 11.6 Å². The molecule has 110 valence electrons. The maximum Gasteiger partial charge on any atom is 0.276 e. The SMILES string of the molecule is Cc1ccc(CN(C)c2cc([N+](=O)[O-])cc(NN)n2)cc1. The normalized spacial score (nSPS) is 10.2. The van der Waals surface area contributed by atoms with E-state index in [1.165, 1.54) is 17.7 Å². The summed E-state index contributed by atoms with van der Waals surface area (Å²) in [5.74, 6) is 6.05. The maximum absolute atomic E-state index is 10.9. The Hall–Kier alpha value is -2.67. The van der Waals surface area contributed by atoms with E-state index in [0.29, 0.717) is 12.4 Å². The van der Waals surface area contributed by atoms with E-state index in [4.69, 9.17) is 5.84 Å². The van der Waals surface area contributed by atoms with E-state index in [0.717, 1.165) is 5.56 Å². The summed E-state index contributed by atoms with van der Waals surface area (Å²) in [7, 11) is 1.83. The van der Waals surface area contributed by atoms with Gasteiger partial charge in [-0.25, -0.2) is 10.8 Å². The van der Waals surface area contributed by atoms with Crippen LogP contribution >= 0.6 is 0 Å². The van der Waals surface area contributed by atoms with Crippen molar-refractivity contribution in [2.24, 2.45) is 5.84 Å². The lowest BCUT2D eigenvalue weighted by atomic mass is 10.1. The van der Waals surface area contributed by atoms with Gasteiger partial charge in [-0.3, -0.25) is 10.1 Å². The number of nitrogens with two attached hydrogens (primary N) is 1. The minimum absolute atomic E-state index is 0.0521. The van der Waals surface area contributed by atoms with Gasteiger partial charge in [-0.2, -0.15) is 0 Å². The molecule has 0 atom stereocenters. The summed E-state index contributed by atoms with van der Waals surface area (Å²) in [4.78, 5) is 16.5. The highest BCUT2D eigenvalue weighted by molar-refractivity contribution is 5.55. The second-order valence-corrected chi connectivity index (χ2v) is 4.81. The summed E-state index contributed by atoms with van der Waals surface area (Å²) >= 11 is 0. The molecule has 0 saturated carbocycles. The summed E-state index contributed by atoms with van der Waals surface area (Å²) in [6.45, 7) is 2.62. The van der Waals surface area contributed by atoms with Gasteiger partial charge in [-0.1, -0.05) is 29.8 Å². The van der Waals surface area contributed by atoms with E-state index in [-0.39, 0.29) is 11.5 Å². The Kier molecular flexibility index (Phi) is 4.34. The van der Waals surface area contributed by atoms with E-state index in [2.05, 4.69) is 10.4 Å². The molecule has 2 rings (SSSR count). The van der Waals surface area contributed by atoms with Crippen LogP contribution in [0.4, 0.5) is 17.3 Å². The molecule has 0 spiro atoms. The molecule has 7 nitrogen and oxygen atoms in total. The third-order valence-corrected chi connectivity index (χ3v) is 3.09. The average molecular weight is 287 g/mol. The third kappa shape index (κ3) is 3.67. The molecule has 1 heterocycles. The van der Waals surface area contributed by atoms with Crippen molar-refractivity contribution in [3.05, 3.63) is 57.6 Å². The van der Waals surface area contributed by atoms with Crippen LogP contribution in [0.2, 0.25) is 0 Å². The van der Waals surface area contributed by atoms with Crippen LogP contribution in [0.25, 0.3) is 0 Å². The molecule has 0 amide bonds. The second kappa shape index (κ2) is 6.19. The van der Waals surface area contributed by atoms with Crippen molar-refractivity contribution in [3.8, 4) is 0 Å². The Bertz CT molecular complexity index is 642. The fraction of sp³-hybridized carbons (Fsp3) is 0.214. The predicted molar refractivity (Wildman–Crippen MR) is 82.0 cm³/mol. The highest BCUT2D eigenvalue weighted by Gasteiger charge is 2.13. The van der Waals surface area contributed by atoms with Gasteiger partial charge in [-0.15, -0.1) is 0 Å². The Balaban J connectivity index is 2.25. The number of aromatic nitrogens is 1. The largest absolute Gasteiger partial charge is 0.355 e. The number of pyridine rings is 1. The first-order valence-electron chi connectivity index (χ1n) is 6.39. The van der Waals surface area contributed by atoms with Crippen molar-refractivity contribution in [1.82, 2.24) is 4.98 Å². The first-order chi connectivity index (χ1) is 9.99. The molecule has 0 aliphatic rings. The number of hydrogen-bond acceptors (Lipinski definition) is 6. The predicted octanol–water partition coefficient (Wildman–Crippen LogP) is 2.22. The number of nitro groups is 1. The van der Waals surface area contributed by atoms with Gasteiger partial charge in [0, 0.05) is 13.6 Å². The molecule has 0 aliphatic carbocycles. The zero-order valence-corrected chi connectivity index (χ0v) is 11.9. The highest BCUT2D eigenvalue weighted by Crippen LogP contribution is 2.23. The van der Waals surface area contributed by atoms with E-state index in [1.54, 1.807) is 0 Å². The van der Waals surface area contributed by atoms with Crippen molar-refractivity contribution in [2.45, 2.75) is 13.5 Å². The Morgan fingerprint density at radius 3 is 2.57 bits per heavy atom. The zero-order valence-electron chi connectivity index (χ0n) is 11.9. The van der Waals surface area contributed by atoms with Crippen LogP contribution in [-0.4, -0.2) is 17.0 Å². The van der Waals surface area contributed by atoms with E-state index in [1.807, 2.05) is 43.1 Å². The lowest BCUT2D eigenvalue weighted by Crippen LogP contribution is -2.19. The number of rotatable bonds is 5. The molecular formula is C14H17N5O2. The first-order valence-corrected chi connectivity index (χ1v) is 6.39. The molecule has 1 aromatic heterocycles. The minimum atomic E-state index is -0.467. The molecular weight excluding hydrogens is 270 g/mol. The van der Waals surface area contributed by atoms with E-state index >= 15 is 0 Å². The van der Waals surface area contributed by atoms with Gasteiger partial charge >= 0.3 is 0 Å². The summed E-state index contributed by atoms with van der Waals surface area (Å²) in [6, 6.07) is 10.8. The lowest BCUT2D eigenvalue weighted by Gasteiger charge is -2.19. The standard InChI is InChI=1S/C14H17N5O2/c1-10-3-5-11(6-4-10)9-18(2)14-8-12(19(20)21)7-13(16-14)17-15/h3-8H,9,15H2,1-2H3,(H,16,17). The van der Waals surface area contributed by atoms with Crippen molar-refractivity contribution in [2.75, 3.05) is 17.4 Å². The molecule has 7 heteroatoms. The Morgan fingerprint density at radius 2 is 2.00 bits per heavy atom. The van der Waals surface area contributed by atoms with Gasteiger partial charge in [-0.05, 0) is 12.5 Å². The summed E-state index contributed by atoms with van der Waals surface area (Å²) in [5.41, 5.74) is 4.58. The molecule has 0 aliphatic heterocycles. The van der Waals surface area contributed by atoms with Crippen LogP contribution in [0, 0.1) is 17.0 Å².